The van der Waals surface area contributed by atoms with Crippen molar-refractivity contribution in [1.29, 1.82) is 0 Å². The van der Waals surface area contributed by atoms with Gasteiger partial charge >= 0.3 is 0 Å². The van der Waals surface area contributed by atoms with Crippen LogP contribution in [0, 0.1) is 11.3 Å². The first kappa shape index (κ1) is 17.2. The lowest BCUT2D eigenvalue weighted by Crippen LogP contribution is -2.24. The van der Waals surface area contributed by atoms with Crippen LogP contribution in [0.25, 0.3) is 0 Å². The molecular formula is C19H32O. The van der Waals surface area contributed by atoms with E-state index in [0.717, 1.165) is 12.8 Å². The third-order valence-corrected chi connectivity index (χ3v) is 4.40. The molecular weight excluding hydrogens is 244 g/mol. The topological polar surface area (TPSA) is 20.2 Å². The van der Waals surface area contributed by atoms with Gasteiger partial charge < -0.3 is 5.11 Å². The molecule has 114 valence electrons. The van der Waals surface area contributed by atoms with Crippen molar-refractivity contribution in [1.82, 2.24) is 0 Å². The molecule has 20 heavy (non-hydrogen) atoms. The highest BCUT2D eigenvalue weighted by Crippen LogP contribution is 2.30. The molecule has 0 aliphatic heterocycles. The molecule has 0 radical (unpaired) electrons. The van der Waals surface area contributed by atoms with Crippen molar-refractivity contribution in [3.8, 4) is 0 Å². The van der Waals surface area contributed by atoms with Crippen molar-refractivity contribution in [3.63, 3.8) is 0 Å². The second-order valence-electron chi connectivity index (χ2n) is 8.31. The molecule has 2 atom stereocenters. The smallest absolute Gasteiger partial charge is 0.0583 e. The number of hydrogen-bond acceptors (Lipinski definition) is 1. The van der Waals surface area contributed by atoms with Gasteiger partial charge in [0.05, 0.1) is 6.10 Å². The quantitative estimate of drug-likeness (QED) is 0.824. The Morgan fingerprint density at radius 2 is 1.45 bits per heavy atom. The predicted octanol–water partition coefficient (Wildman–Crippen LogP) is 4.96. The zero-order valence-electron chi connectivity index (χ0n) is 14.3. The highest BCUT2D eigenvalue weighted by atomic mass is 16.3. The summed E-state index contributed by atoms with van der Waals surface area (Å²) in [6.45, 7) is 15.6. The maximum Gasteiger partial charge on any atom is 0.0583 e. The van der Waals surface area contributed by atoms with Crippen LogP contribution in [0.3, 0.4) is 0 Å². The van der Waals surface area contributed by atoms with E-state index in [-0.39, 0.29) is 16.9 Å². The van der Waals surface area contributed by atoms with Crippen molar-refractivity contribution in [2.24, 2.45) is 11.3 Å². The second kappa shape index (κ2) is 6.30. The van der Waals surface area contributed by atoms with Crippen molar-refractivity contribution in [2.45, 2.75) is 72.8 Å². The molecule has 1 rings (SSSR count). The minimum absolute atomic E-state index is 0.192. The number of aliphatic hydroxyl groups excluding tert-OH is 1. The fraction of sp³-hybridized carbons (Fsp3) is 0.684. The lowest BCUT2D eigenvalue weighted by molar-refractivity contribution is 0.110. The molecule has 0 aliphatic carbocycles. The van der Waals surface area contributed by atoms with E-state index in [1.807, 2.05) is 0 Å². The molecule has 0 aromatic heterocycles. The molecule has 0 aliphatic rings. The van der Waals surface area contributed by atoms with Gasteiger partial charge in [-0.1, -0.05) is 72.7 Å². The highest BCUT2D eigenvalue weighted by Gasteiger charge is 2.22. The summed E-state index contributed by atoms with van der Waals surface area (Å²) in [5.74, 6) is 0.520. The van der Waals surface area contributed by atoms with E-state index in [0.29, 0.717) is 5.92 Å². The lowest BCUT2D eigenvalue weighted by atomic mass is 9.78. The first-order valence-electron chi connectivity index (χ1n) is 7.77. The number of aliphatic hydroxyl groups is 1. The molecule has 1 aromatic rings. The van der Waals surface area contributed by atoms with Crippen molar-refractivity contribution in [2.75, 3.05) is 0 Å². The summed E-state index contributed by atoms with van der Waals surface area (Å²) in [5.41, 5.74) is 3.03. The summed E-state index contributed by atoms with van der Waals surface area (Å²) in [7, 11) is 0. The van der Waals surface area contributed by atoms with Crippen LogP contribution in [0.2, 0.25) is 0 Å². The molecule has 0 saturated heterocycles. The monoisotopic (exact) mass is 276 g/mol. The zero-order chi connectivity index (χ0) is 15.6. The van der Waals surface area contributed by atoms with E-state index in [1.165, 1.54) is 11.1 Å². The summed E-state index contributed by atoms with van der Waals surface area (Å²) < 4.78 is 0. The van der Waals surface area contributed by atoms with Crippen LogP contribution in [-0.2, 0) is 11.8 Å². The van der Waals surface area contributed by atoms with E-state index >= 15 is 0 Å². The van der Waals surface area contributed by atoms with E-state index in [1.54, 1.807) is 0 Å². The molecule has 0 fully saturated rings. The molecule has 1 nitrogen and oxygen atoms in total. The number of benzene rings is 1. The molecule has 0 amide bonds. The van der Waals surface area contributed by atoms with Gasteiger partial charge in [0.15, 0.2) is 0 Å². The Labute approximate surface area is 125 Å². The highest BCUT2D eigenvalue weighted by molar-refractivity contribution is 5.27. The van der Waals surface area contributed by atoms with Gasteiger partial charge in [-0.3, -0.25) is 0 Å². The van der Waals surface area contributed by atoms with Gasteiger partial charge in [0.2, 0.25) is 0 Å². The molecule has 1 N–H and O–H groups in total. The Balaban J connectivity index is 2.61. The molecule has 1 heteroatoms. The summed E-state index contributed by atoms with van der Waals surface area (Å²) in [6, 6.07) is 8.70. The Morgan fingerprint density at radius 3 is 1.85 bits per heavy atom. The molecule has 0 spiro atoms. The third kappa shape index (κ3) is 5.28. The molecule has 0 bridgehead atoms. The predicted molar refractivity (Wildman–Crippen MR) is 88.1 cm³/mol. The number of rotatable bonds is 4. The van der Waals surface area contributed by atoms with Crippen LogP contribution in [-0.4, -0.2) is 11.2 Å². The normalized spacial score (nSPS) is 16.0. The van der Waals surface area contributed by atoms with E-state index < -0.39 is 0 Å². The van der Waals surface area contributed by atoms with Gasteiger partial charge in [-0.05, 0) is 40.7 Å². The lowest BCUT2D eigenvalue weighted by Gasteiger charge is -2.29. The standard InChI is InChI=1S/C19H32O/c1-14(18(2,3)4)12-17(20)13-15-8-10-16(11-9-15)19(5,6)7/h8-11,14,17,20H,12-13H2,1-7H3. The molecule has 0 heterocycles. The van der Waals surface area contributed by atoms with Crippen molar-refractivity contribution < 1.29 is 5.11 Å². The summed E-state index contributed by atoms with van der Waals surface area (Å²) in [5, 5.41) is 10.3. The van der Waals surface area contributed by atoms with Gasteiger partial charge in [-0.15, -0.1) is 0 Å². The van der Waals surface area contributed by atoms with Gasteiger partial charge in [0.1, 0.15) is 0 Å². The maximum atomic E-state index is 10.3. The van der Waals surface area contributed by atoms with Gasteiger partial charge in [0.25, 0.3) is 0 Å². The van der Waals surface area contributed by atoms with Crippen LogP contribution >= 0.6 is 0 Å². The van der Waals surface area contributed by atoms with Gasteiger partial charge in [-0.25, -0.2) is 0 Å². The fourth-order valence-corrected chi connectivity index (χ4v) is 2.26. The zero-order valence-corrected chi connectivity index (χ0v) is 14.3. The van der Waals surface area contributed by atoms with Gasteiger partial charge in [-0.2, -0.15) is 0 Å². The van der Waals surface area contributed by atoms with Crippen molar-refractivity contribution in [3.05, 3.63) is 35.4 Å². The summed E-state index contributed by atoms with van der Waals surface area (Å²) >= 11 is 0. The maximum absolute atomic E-state index is 10.3. The second-order valence-corrected chi connectivity index (χ2v) is 8.31. The minimum Gasteiger partial charge on any atom is -0.393 e. The SMILES string of the molecule is CC(CC(O)Cc1ccc(C(C)(C)C)cc1)C(C)(C)C. The Kier molecular flexibility index (Phi) is 5.43. The van der Waals surface area contributed by atoms with Crippen molar-refractivity contribution >= 4 is 0 Å². The van der Waals surface area contributed by atoms with Gasteiger partial charge in [0, 0.05) is 0 Å². The summed E-state index contributed by atoms with van der Waals surface area (Å²) in [6.07, 6.45) is 1.37. The average Bonchev–Trinajstić information content (AvgIpc) is 2.26. The first-order valence-corrected chi connectivity index (χ1v) is 7.77. The average molecular weight is 276 g/mol. The Hall–Kier alpha value is -0.820. The first-order chi connectivity index (χ1) is 9.00. The Morgan fingerprint density at radius 1 is 0.950 bits per heavy atom. The summed E-state index contributed by atoms with van der Waals surface area (Å²) in [4.78, 5) is 0. The number of hydrogen-bond donors (Lipinski definition) is 1. The molecule has 0 saturated carbocycles. The van der Waals surface area contributed by atoms with Crippen LogP contribution < -0.4 is 0 Å². The van der Waals surface area contributed by atoms with Crippen LogP contribution in [0.5, 0.6) is 0 Å². The van der Waals surface area contributed by atoms with Crippen LogP contribution in [0.15, 0.2) is 24.3 Å². The fourth-order valence-electron chi connectivity index (χ4n) is 2.26. The minimum atomic E-state index is -0.246. The molecule has 2 unspecified atom stereocenters. The Bertz CT molecular complexity index is 403. The van der Waals surface area contributed by atoms with E-state index in [2.05, 4.69) is 72.7 Å². The molecule has 1 aromatic carbocycles. The largest absolute Gasteiger partial charge is 0.393 e. The van der Waals surface area contributed by atoms with Crippen LogP contribution in [0.1, 0.15) is 66.0 Å². The van der Waals surface area contributed by atoms with Crippen LogP contribution in [0.4, 0.5) is 0 Å². The van der Waals surface area contributed by atoms with E-state index in [4.69, 9.17) is 0 Å². The third-order valence-electron chi connectivity index (χ3n) is 4.40. The van der Waals surface area contributed by atoms with E-state index in [9.17, 15) is 5.11 Å².